The Hall–Kier alpha value is -2.28. The van der Waals surface area contributed by atoms with E-state index in [4.69, 9.17) is 5.73 Å². The maximum atomic E-state index is 12.3. The molecule has 19 heavy (non-hydrogen) atoms. The van der Waals surface area contributed by atoms with Crippen LogP contribution in [-0.4, -0.2) is 40.2 Å². The lowest BCUT2D eigenvalue weighted by atomic mass is 10.1. The summed E-state index contributed by atoms with van der Waals surface area (Å²) in [4.78, 5) is 40.4. The molecule has 1 aliphatic rings. The average Bonchev–Trinajstić information content (AvgIpc) is 2.42. The predicted octanol–water partition coefficient (Wildman–Crippen LogP) is -0.973. The van der Waals surface area contributed by atoms with Gasteiger partial charge in [0.1, 0.15) is 12.6 Å². The number of nitrogens with zero attached hydrogens (tertiary/aromatic N) is 2. The zero-order valence-corrected chi connectivity index (χ0v) is 10.4. The van der Waals surface area contributed by atoms with Gasteiger partial charge < -0.3 is 10.6 Å². The summed E-state index contributed by atoms with van der Waals surface area (Å²) in [5.74, 6) is -1.34. The lowest BCUT2D eigenvalue weighted by molar-refractivity contribution is -0.138. The molecule has 1 fully saturated rings. The van der Waals surface area contributed by atoms with Gasteiger partial charge in [0, 0.05) is 18.3 Å². The summed E-state index contributed by atoms with van der Waals surface area (Å²) in [5, 5.41) is 2.18. The van der Waals surface area contributed by atoms with Crippen LogP contribution in [0.5, 0.6) is 0 Å². The fourth-order valence-corrected chi connectivity index (χ4v) is 1.85. The van der Waals surface area contributed by atoms with Crippen LogP contribution in [0.15, 0.2) is 18.3 Å². The van der Waals surface area contributed by atoms with E-state index >= 15 is 0 Å². The van der Waals surface area contributed by atoms with E-state index in [2.05, 4.69) is 10.3 Å². The Labute approximate surface area is 109 Å². The van der Waals surface area contributed by atoms with E-state index in [9.17, 15) is 14.4 Å². The molecule has 0 saturated carbocycles. The average molecular weight is 262 g/mol. The largest absolute Gasteiger partial charge is 0.325 e. The molecule has 3 amide bonds. The van der Waals surface area contributed by atoms with Crippen molar-refractivity contribution in [1.82, 2.24) is 15.2 Å². The Bertz CT molecular complexity index is 544. The molecule has 1 atom stereocenters. The lowest BCUT2D eigenvalue weighted by Gasteiger charge is -2.31. The summed E-state index contributed by atoms with van der Waals surface area (Å²) in [6, 6.07) is 2.41. The molecular formula is C12H14N4O3. The molecule has 1 aromatic rings. The summed E-state index contributed by atoms with van der Waals surface area (Å²) >= 11 is 0. The Morgan fingerprint density at radius 3 is 3.00 bits per heavy atom. The zero-order chi connectivity index (χ0) is 14.0. The quantitative estimate of drug-likeness (QED) is 0.667. The number of nitrogens with two attached hydrogens (primary N) is 1. The molecule has 0 aromatic carbocycles. The Balaban J connectivity index is 2.27. The molecule has 100 valence electrons. The molecular weight excluding hydrogens is 248 g/mol. The highest BCUT2D eigenvalue weighted by Crippen LogP contribution is 2.12. The fourth-order valence-electron chi connectivity index (χ4n) is 1.85. The van der Waals surface area contributed by atoms with E-state index < -0.39 is 17.9 Å². The number of imide groups is 1. The van der Waals surface area contributed by atoms with Gasteiger partial charge in [-0.3, -0.25) is 24.7 Å². The number of pyridine rings is 1. The van der Waals surface area contributed by atoms with Gasteiger partial charge in [-0.05, 0) is 19.1 Å². The van der Waals surface area contributed by atoms with Crippen molar-refractivity contribution in [2.45, 2.75) is 19.5 Å². The van der Waals surface area contributed by atoms with Crippen LogP contribution in [-0.2, 0) is 16.1 Å². The molecule has 1 aromatic heterocycles. The SMILES string of the molecule is CC1C(=O)NC(=O)CN1C(=O)c1ccnc(CN)c1. The van der Waals surface area contributed by atoms with Gasteiger partial charge in [0.05, 0.1) is 5.69 Å². The van der Waals surface area contributed by atoms with Crippen LogP contribution in [0, 0.1) is 0 Å². The number of amides is 3. The van der Waals surface area contributed by atoms with Gasteiger partial charge in [0.2, 0.25) is 11.8 Å². The van der Waals surface area contributed by atoms with Gasteiger partial charge in [0.25, 0.3) is 5.91 Å². The molecule has 2 heterocycles. The normalized spacial score (nSPS) is 19.3. The molecule has 0 spiro atoms. The van der Waals surface area contributed by atoms with Gasteiger partial charge in [-0.25, -0.2) is 0 Å². The van der Waals surface area contributed by atoms with Crippen molar-refractivity contribution in [3.63, 3.8) is 0 Å². The molecule has 7 nitrogen and oxygen atoms in total. The van der Waals surface area contributed by atoms with Crippen LogP contribution in [0.1, 0.15) is 23.0 Å². The van der Waals surface area contributed by atoms with Crippen LogP contribution in [0.25, 0.3) is 0 Å². The number of rotatable bonds is 2. The first-order chi connectivity index (χ1) is 9.02. The minimum atomic E-state index is -0.681. The molecule has 3 N–H and O–H groups in total. The van der Waals surface area contributed by atoms with Gasteiger partial charge >= 0.3 is 0 Å². The number of nitrogens with one attached hydrogen (secondary N) is 1. The second-order valence-electron chi connectivity index (χ2n) is 4.26. The van der Waals surface area contributed by atoms with E-state index in [1.807, 2.05) is 0 Å². The first kappa shape index (κ1) is 13.2. The van der Waals surface area contributed by atoms with Crippen molar-refractivity contribution in [2.24, 2.45) is 5.73 Å². The van der Waals surface area contributed by atoms with Gasteiger partial charge in [-0.2, -0.15) is 0 Å². The third-order valence-electron chi connectivity index (χ3n) is 2.96. The van der Waals surface area contributed by atoms with Crippen molar-refractivity contribution in [2.75, 3.05) is 6.54 Å². The van der Waals surface area contributed by atoms with E-state index in [0.29, 0.717) is 11.3 Å². The van der Waals surface area contributed by atoms with E-state index in [-0.39, 0.29) is 19.0 Å². The third-order valence-corrected chi connectivity index (χ3v) is 2.96. The van der Waals surface area contributed by atoms with Crippen molar-refractivity contribution in [3.8, 4) is 0 Å². The molecule has 2 rings (SSSR count). The summed E-state index contributed by atoms with van der Waals surface area (Å²) in [5.41, 5.74) is 6.40. The first-order valence-electron chi connectivity index (χ1n) is 5.82. The number of carbonyl (C=O) groups is 3. The predicted molar refractivity (Wildman–Crippen MR) is 65.8 cm³/mol. The van der Waals surface area contributed by atoms with Gasteiger partial charge in [-0.1, -0.05) is 0 Å². The van der Waals surface area contributed by atoms with Crippen LogP contribution in [0.2, 0.25) is 0 Å². The smallest absolute Gasteiger partial charge is 0.255 e. The zero-order valence-electron chi connectivity index (χ0n) is 10.4. The monoisotopic (exact) mass is 262 g/mol. The number of aromatic nitrogens is 1. The van der Waals surface area contributed by atoms with Crippen molar-refractivity contribution in [3.05, 3.63) is 29.6 Å². The highest BCUT2D eigenvalue weighted by atomic mass is 16.2. The van der Waals surface area contributed by atoms with Gasteiger partial charge in [-0.15, -0.1) is 0 Å². The summed E-state index contributed by atoms with van der Waals surface area (Å²) in [6.07, 6.45) is 1.48. The van der Waals surface area contributed by atoms with Crippen LogP contribution < -0.4 is 11.1 Å². The second kappa shape index (κ2) is 5.15. The van der Waals surface area contributed by atoms with Crippen molar-refractivity contribution >= 4 is 17.7 Å². The number of hydrogen-bond acceptors (Lipinski definition) is 5. The number of hydrogen-bond donors (Lipinski definition) is 2. The van der Waals surface area contributed by atoms with E-state index in [0.717, 1.165) is 0 Å². The standard InChI is InChI=1S/C12H14N4O3/c1-7-11(18)15-10(17)6-16(7)12(19)8-2-3-14-9(4-8)5-13/h2-4,7H,5-6,13H2,1H3,(H,15,17,18). The molecule has 1 saturated heterocycles. The van der Waals surface area contributed by atoms with E-state index in [1.54, 1.807) is 13.0 Å². The molecule has 1 aliphatic heterocycles. The Kier molecular flexibility index (Phi) is 3.57. The number of carbonyl (C=O) groups excluding carboxylic acids is 3. The van der Waals surface area contributed by atoms with Crippen LogP contribution in [0.4, 0.5) is 0 Å². The molecule has 0 bridgehead atoms. The summed E-state index contributed by atoms with van der Waals surface area (Å²) < 4.78 is 0. The molecule has 0 aliphatic carbocycles. The molecule has 1 unspecified atom stereocenters. The van der Waals surface area contributed by atoms with Crippen LogP contribution >= 0.6 is 0 Å². The second-order valence-corrected chi connectivity index (χ2v) is 4.26. The number of piperazine rings is 1. The fraction of sp³-hybridized carbons (Fsp3) is 0.333. The lowest BCUT2D eigenvalue weighted by Crippen LogP contribution is -2.58. The van der Waals surface area contributed by atoms with Crippen LogP contribution in [0.3, 0.4) is 0 Å². The minimum Gasteiger partial charge on any atom is -0.325 e. The maximum absolute atomic E-state index is 12.3. The highest BCUT2D eigenvalue weighted by molar-refractivity contribution is 6.07. The Morgan fingerprint density at radius 1 is 1.58 bits per heavy atom. The third kappa shape index (κ3) is 2.60. The topological polar surface area (TPSA) is 105 Å². The van der Waals surface area contributed by atoms with Crippen molar-refractivity contribution in [1.29, 1.82) is 0 Å². The minimum absolute atomic E-state index is 0.133. The van der Waals surface area contributed by atoms with E-state index in [1.165, 1.54) is 17.2 Å². The molecule has 0 radical (unpaired) electrons. The maximum Gasteiger partial charge on any atom is 0.255 e. The Morgan fingerprint density at radius 2 is 2.32 bits per heavy atom. The first-order valence-corrected chi connectivity index (χ1v) is 5.82. The van der Waals surface area contributed by atoms with Crippen molar-refractivity contribution < 1.29 is 14.4 Å². The molecule has 7 heteroatoms. The summed E-state index contributed by atoms with van der Waals surface area (Å²) in [7, 11) is 0. The summed E-state index contributed by atoms with van der Waals surface area (Å²) in [6.45, 7) is 1.66. The van der Waals surface area contributed by atoms with Gasteiger partial charge in [0.15, 0.2) is 0 Å². The highest BCUT2D eigenvalue weighted by Gasteiger charge is 2.33.